The molecule has 0 unspecified atom stereocenters. The van der Waals surface area contributed by atoms with Crippen LogP contribution >= 0.6 is 7.26 Å². The highest BCUT2D eigenvalue weighted by Gasteiger charge is 2.63. The molecule has 98 valence electrons. The largest absolute Gasteiger partial charge is 0.393 e. The van der Waals surface area contributed by atoms with E-state index in [1.54, 1.807) is 0 Å². The lowest BCUT2D eigenvalue weighted by Gasteiger charge is -2.54. The molecule has 0 aliphatic rings. The molecule has 0 heterocycles. The standard InChI is InChI=1S/C14H32OP/c1-12(2,3)16(11-10-15,13(4,5)6)14(7,8)9/h15H,10-11H2,1-9H3/q+1. The van der Waals surface area contributed by atoms with E-state index in [4.69, 9.17) is 0 Å². The van der Waals surface area contributed by atoms with E-state index in [9.17, 15) is 5.11 Å². The fourth-order valence-electron chi connectivity index (χ4n) is 4.17. The van der Waals surface area contributed by atoms with Gasteiger partial charge in [0.05, 0.1) is 28.2 Å². The molecule has 0 spiro atoms. The van der Waals surface area contributed by atoms with Crippen molar-refractivity contribution >= 4 is 7.26 Å². The zero-order valence-corrected chi connectivity index (χ0v) is 13.7. The number of hydrogen-bond acceptors (Lipinski definition) is 1. The molecule has 0 saturated carbocycles. The highest BCUT2D eigenvalue weighted by atomic mass is 31.2. The van der Waals surface area contributed by atoms with Crippen molar-refractivity contribution in [2.24, 2.45) is 0 Å². The third-order valence-corrected chi connectivity index (χ3v) is 11.6. The molecular formula is C14H32OP+. The molecule has 1 nitrogen and oxygen atoms in total. The molecule has 0 fully saturated rings. The van der Waals surface area contributed by atoms with Crippen LogP contribution in [-0.4, -0.2) is 33.3 Å². The molecule has 2 heteroatoms. The van der Waals surface area contributed by atoms with Gasteiger partial charge in [-0.05, 0) is 62.3 Å². The summed E-state index contributed by atoms with van der Waals surface area (Å²) in [5, 5.41) is 10.4. The van der Waals surface area contributed by atoms with E-state index in [2.05, 4.69) is 62.3 Å². The molecule has 1 N–H and O–H groups in total. The molecule has 16 heavy (non-hydrogen) atoms. The van der Waals surface area contributed by atoms with Gasteiger partial charge in [0, 0.05) is 7.26 Å². The van der Waals surface area contributed by atoms with Crippen molar-refractivity contribution in [1.82, 2.24) is 0 Å². The number of aliphatic hydroxyl groups excluding tert-OH is 1. The summed E-state index contributed by atoms with van der Waals surface area (Å²) in [6, 6.07) is 0. The molecule has 0 aliphatic heterocycles. The van der Waals surface area contributed by atoms with Crippen LogP contribution < -0.4 is 0 Å². The summed E-state index contributed by atoms with van der Waals surface area (Å²) in [5.41, 5.74) is 0. The number of rotatable bonds is 2. The number of hydrogen-bond donors (Lipinski definition) is 1. The van der Waals surface area contributed by atoms with E-state index in [-0.39, 0.29) is 15.5 Å². The van der Waals surface area contributed by atoms with Gasteiger partial charge in [0.1, 0.15) is 0 Å². The molecule has 0 bridgehead atoms. The topological polar surface area (TPSA) is 20.2 Å². The molecule has 0 radical (unpaired) electrons. The summed E-state index contributed by atoms with van der Waals surface area (Å²) < 4.78 is 0. The molecule has 0 amide bonds. The Morgan fingerprint density at radius 3 is 1.00 bits per heavy atom. The fourth-order valence-corrected chi connectivity index (χ4v) is 12.5. The minimum absolute atomic E-state index is 0.284. The maximum atomic E-state index is 9.52. The zero-order chi connectivity index (χ0) is 13.4. The first-order chi connectivity index (χ1) is 6.81. The molecular weight excluding hydrogens is 215 g/mol. The molecule has 0 atom stereocenters. The van der Waals surface area contributed by atoms with Crippen LogP contribution in [0.25, 0.3) is 0 Å². The second-order valence-corrected chi connectivity index (χ2v) is 13.9. The number of aliphatic hydroxyl groups is 1. The van der Waals surface area contributed by atoms with Crippen molar-refractivity contribution in [2.75, 3.05) is 12.8 Å². The van der Waals surface area contributed by atoms with Crippen LogP contribution in [0.3, 0.4) is 0 Å². The van der Waals surface area contributed by atoms with Gasteiger partial charge in [0.2, 0.25) is 0 Å². The summed E-state index contributed by atoms with van der Waals surface area (Å²) in [7, 11) is -1.30. The smallest absolute Gasteiger partial charge is 0.0840 e. The summed E-state index contributed by atoms with van der Waals surface area (Å²) in [6.45, 7) is 21.5. The lowest BCUT2D eigenvalue weighted by molar-refractivity contribution is 0.318. The lowest BCUT2D eigenvalue weighted by atomic mass is 10.2. The third kappa shape index (κ3) is 2.62. The summed E-state index contributed by atoms with van der Waals surface area (Å²) in [5.74, 6) is 0. The molecule has 0 aromatic heterocycles. The second kappa shape index (κ2) is 4.58. The minimum atomic E-state index is -1.30. The van der Waals surface area contributed by atoms with E-state index in [0.29, 0.717) is 6.61 Å². The Bertz CT molecular complexity index is 189. The molecule has 0 aliphatic carbocycles. The Kier molecular flexibility index (Phi) is 4.69. The van der Waals surface area contributed by atoms with E-state index in [0.717, 1.165) is 6.16 Å². The van der Waals surface area contributed by atoms with Gasteiger partial charge in [0.25, 0.3) is 0 Å². The van der Waals surface area contributed by atoms with Gasteiger partial charge in [-0.15, -0.1) is 0 Å². The first kappa shape index (κ1) is 16.4. The van der Waals surface area contributed by atoms with Crippen molar-refractivity contribution in [1.29, 1.82) is 0 Å². The Balaban J connectivity index is 5.82. The predicted octanol–water partition coefficient (Wildman–Crippen LogP) is 4.39. The van der Waals surface area contributed by atoms with Crippen molar-refractivity contribution < 1.29 is 5.11 Å². The van der Waals surface area contributed by atoms with Gasteiger partial charge < -0.3 is 5.11 Å². The van der Waals surface area contributed by atoms with Crippen molar-refractivity contribution in [3.8, 4) is 0 Å². The van der Waals surface area contributed by atoms with E-state index >= 15 is 0 Å². The normalized spacial score (nSPS) is 15.4. The maximum absolute atomic E-state index is 9.52. The van der Waals surface area contributed by atoms with Crippen LogP contribution in [0.15, 0.2) is 0 Å². The first-order valence-corrected chi connectivity index (χ1v) is 8.28. The van der Waals surface area contributed by atoms with E-state index in [1.165, 1.54) is 0 Å². The summed E-state index contributed by atoms with van der Waals surface area (Å²) in [4.78, 5) is 0. The summed E-state index contributed by atoms with van der Waals surface area (Å²) >= 11 is 0. The van der Waals surface area contributed by atoms with Crippen molar-refractivity contribution in [3.63, 3.8) is 0 Å². The maximum Gasteiger partial charge on any atom is 0.0840 e. The molecule has 0 aromatic carbocycles. The van der Waals surface area contributed by atoms with Crippen LogP contribution in [0.1, 0.15) is 62.3 Å². The zero-order valence-electron chi connectivity index (χ0n) is 12.8. The Labute approximate surface area is 103 Å². The van der Waals surface area contributed by atoms with Crippen LogP contribution in [0.2, 0.25) is 0 Å². The Hall–Kier alpha value is 0.390. The third-order valence-electron chi connectivity index (χ3n) is 3.87. The van der Waals surface area contributed by atoms with Gasteiger partial charge in [0.15, 0.2) is 0 Å². The molecule has 0 rings (SSSR count). The van der Waals surface area contributed by atoms with Crippen LogP contribution in [-0.2, 0) is 0 Å². The van der Waals surface area contributed by atoms with Crippen LogP contribution in [0.5, 0.6) is 0 Å². The monoisotopic (exact) mass is 247 g/mol. The Morgan fingerprint density at radius 2 is 0.938 bits per heavy atom. The Morgan fingerprint density at radius 1 is 0.688 bits per heavy atom. The average Bonchev–Trinajstić information content (AvgIpc) is 1.91. The fraction of sp³-hybridized carbons (Fsp3) is 1.00. The molecule has 0 aromatic rings. The average molecular weight is 247 g/mol. The second-order valence-electron chi connectivity index (χ2n) is 7.77. The van der Waals surface area contributed by atoms with E-state index < -0.39 is 7.26 Å². The summed E-state index contributed by atoms with van der Waals surface area (Å²) in [6.07, 6.45) is 0.976. The van der Waals surface area contributed by atoms with Crippen molar-refractivity contribution in [3.05, 3.63) is 0 Å². The van der Waals surface area contributed by atoms with Gasteiger partial charge >= 0.3 is 0 Å². The molecule has 0 saturated heterocycles. The minimum Gasteiger partial charge on any atom is -0.393 e. The van der Waals surface area contributed by atoms with Gasteiger partial charge in [-0.1, -0.05) is 0 Å². The lowest BCUT2D eigenvalue weighted by Crippen LogP contribution is -2.46. The van der Waals surface area contributed by atoms with Crippen LogP contribution in [0, 0.1) is 0 Å². The van der Waals surface area contributed by atoms with Crippen LogP contribution in [0.4, 0.5) is 0 Å². The first-order valence-electron chi connectivity index (χ1n) is 6.30. The van der Waals surface area contributed by atoms with Gasteiger partial charge in [-0.3, -0.25) is 0 Å². The SMILES string of the molecule is CC(C)(C)[P+](CCO)(C(C)(C)C)C(C)(C)C. The predicted molar refractivity (Wildman–Crippen MR) is 78.1 cm³/mol. The van der Waals surface area contributed by atoms with Gasteiger partial charge in [-0.2, -0.15) is 0 Å². The quantitative estimate of drug-likeness (QED) is 0.717. The van der Waals surface area contributed by atoms with E-state index in [1.807, 2.05) is 0 Å². The van der Waals surface area contributed by atoms with Crippen molar-refractivity contribution in [2.45, 2.75) is 77.8 Å². The highest BCUT2D eigenvalue weighted by Crippen LogP contribution is 2.82. The highest BCUT2D eigenvalue weighted by molar-refractivity contribution is 7.80. The van der Waals surface area contributed by atoms with Gasteiger partial charge in [-0.25, -0.2) is 0 Å².